The second-order valence-electron chi connectivity index (χ2n) is 7.22. The lowest BCUT2D eigenvalue weighted by Gasteiger charge is -2.46. The number of rotatable bonds is 4. The maximum atomic E-state index is 13.2. The lowest BCUT2D eigenvalue weighted by atomic mass is 9.95. The van der Waals surface area contributed by atoms with Gasteiger partial charge in [0.2, 0.25) is 5.91 Å². The van der Waals surface area contributed by atoms with Gasteiger partial charge >= 0.3 is 0 Å². The summed E-state index contributed by atoms with van der Waals surface area (Å²) in [5, 5.41) is 2.62. The Morgan fingerprint density at radius 2 is 1.83 bits per heavy atom. The molecule has 3 rings (SSSR count). The minimum atomic E-state index is -1.09. The van der Waals surface area contributed by atoms with Crippen molar-refractivity contribution in [3.05, 3.63) is 72.6 Å². The van der Waals surface area contributed by atoms with Crippen molar-refractivity contribution in [2.75, 3.05) is 23.3 Å². The van der Waals surface area contributed by atoms with Crippen LogP contribution >= 0.6 is 0 Å². The van der Waals surface area contributed by atoms with Crippen LogP contribution in [-0.2, 0) is 9.59 Å². The van der Waals surface area contributed by atoms with Gasteiger partial charge in [0, 0.05) is 30.0 Å². The Morgan fingerprint density at radius 1 is 1.14 bits per heavy atom. The number of piperazine rings is 1. The van der Waals surface area contributed by atoms with Crippen molar-refractivity contribution in [1.82, 2.24) is 4.90 Å². The molecule has 29 heavy (non-hydrogen) atoms. The number of nitrogens with zero attached hydrogens (tertiary/aromatic N) is 2. The van der Waals surface area contributed by atoms with Crippen LogP contribution < -0.4 is 10.2 Å². The Labute approximate surface area is 168 Å². The van der Waals surface area contributed by atoms with Gasteiger partial charge in [0.1, 0.15) is 11.4 Å². The van der Waals surface area contributed by atoms with Gasteiger partial charge in [0.25, 0.3) is 11.8 Å². The maximum Gasteiger partial charge on any atom is 0.254 e. The van der Waals surface area contributed by atoms with Crippen LogP contribution in [0.15, 0.2) is 61.2 Å². The van der Waals surface area contributed by atoms with Gasteiger partial charge in [-0.1, -0.05) is 12.6 Å². The predicted octanol–water partition coefficient (Wildman–Crippen LogP) is 3.22. The summed E-state index contributed by atoms with van der Waals surface area (Å²) in [5.74, 6) is -1.31. The number of amides is 3. The van der Waals surface area contributed by atoms with E-state index in [9.17, 15) is 18.8 Å². The number of carbonyl (C=O) groups excluding carboxylic acids is 3. The monoisotopic (exact) mass is 395 g/mol. The minimum Gasteiger partial charge on any atom is -0.323 e. The summed E-state index contributed by atoms with van der Waals surface area (Å²) in [5.41, 5.74) is 0.327. The van der Waals surface area contributed by atoms with Crippen molar-refractivity contribution in [2.45, 2.75) is 19.4 Å². The summed E-state index contributed by atoms with van der Waals surface area (Å²) in [6, 6.07) is 12.2. The lowest BCUT2D eigenvalue weighted by Crippen LogP contribution is -2.64. The average Bonchev–Trinajstić information content (AvgIpc) is 2.70. The molecular formula is C22H22FN3O3. The van der Waals surface area contributed by atoms with Crippen LogP contribution in [0, 0.1) is 5.82 Å². The first kappa shape index (κ1) is 20.3. The second-order valence-corrected chi connectivity index (χ2v) is 7.22. The normalized spacial score (nSPS) is 15.8. The molecule has 150 valence electrons. The van der Waals surface area contributed by atoms with Crippen LogP contribution in [-0.4, -0.2) is 41.2 Å². The highest BCUT2D eigenvalue weighted by molar-refractivity contribution is 6.06. The summed E-state index contributed by atoms with van der Waals surface area (Å²) in [7, 11) is 0. The van der Waals surface area contributed by atoms with Crippen molar-refractivity contribution in [2.24, 2.45) is 0 Å². The van der Waals surface area contributed by atoms with Crippen molar-refractivity contribution in [1.29, 1.82) is 0 Å². The number of carbonyl (C=O) groups is 3. The molecule has 0 unspecified atom stereocenters. The van der Waals surface area contributed by atoms with Gasteiger partial charge in [-0.2, -0.15) is 0 Å². The van der Waals surface area contributed by atoms with Crippen molar-refractivity contribution in [3.8, 4) is 0 Å². The third-order valence-corrected chi connectivity index (χ3v) is 4.94. The fourth-order valence-corrected chi connectivity index (χ4v) is 3.33. The molecule has 1 fully saturated rings. The molecule has 7 heteroatoms. The van der Waals surface area contributed by atoms with Crippen molar-refractivity contribution >= 4 is 29.1 Å². The van der Waals surface area contributed by atoms with E-state index in [0.29, 0.717) is 30.0 Å². The van der Waals surface area contributed by atoms with E-state index in [-0.39, 0.29) is 23.5 Å². The molecule has 0 aromatic heterocycles. The molecule has 1 heterocycles. The molecule has 0 radical (unpaired) electrons. The standard InChI is InChI=1S/C22H22FN3O3/c1-4-19(27)24-17-7-5-6-15(14-17)20(28)26-13-12-25(21(29)22(26,2)3)18-10-8-16(23)9-11-18/h4-11,14H,1,12-13H2,2-3H3,(H,24,27). The Kier molecular flexibility index (Phi) is 5.50. The highest BCUT2D eigenvalue weighted by Gasteiger charge is 2.44. The molecule has 0 atom stereocenters. The molecule has 1 aliphatic rings. The van der Waals surface area contributed by atoms with E-state index < -0.39 is 5.54 Å². The van der Waals surface area contributed by atoms with Crippen LogP contribution in [0.3, 0.4) is 0 Å². The van der Waals surface area contributed by atoms with Crippen LogP contribution in [0.1, 0.15) is 24.2 Å². The zero-order chi connectivity index (χ0) is 21.2. The summed E-state index contributed by atoms with van der Waals surface area (Å²) in [4.78, 5) is 40.8. The SMILES string of the molecule is C=CC(=O)Nc1cccc(C(=O)N2CCN(c3ccc(F)cc3)C(=O)C2(C)C)c1. The number of anilines is 2. The first-order valence-corrected chi connectivity index (χ1v) is 9.17. The van der Waals surface area contributed by atoms with Crippen LogP contribution in [0.2, 0.25) is 0 Å². The van der Waals surface area contributed by atoms with E-state index in [0.717, 1.165) is 6.08 Å². The van der Waals surface area contributed by atoms with Gasteiger partial charge in [-0.25, -0.2) is 4.39 Å². The summed E-state index contributed by atoms with van der Waals surface area (Å²) in [6.07, 6.45) is 1.14. The first-order valence-electron chi connectivity index (χ1n) is 9.17. The Balaban J connectivity index is 1.83. The number of nitrogens with one attached hydrogen (secondary N) is 1. The molecular weight excluding hydrogens is 373 g/mol. The van der Waals surface area contributed by atoms with Crippen LogP contribution in [0.4, 0.5) is 15.8 Å². The van der Waals surface area contributed by atoms with E-state index in [1.54, 1.807) is 55.1 Å². The van der Waals surface area contributed by atoms with E-state index in [4.69, 9.17) is 0 Å². The molecule has 1 saturated heterocycles. The molecule has 1 aliphatic heterocycles. The number of halogens is 1. The third kappa shape index (κ3) is 4.03. The molecule has 0 saturated carbocycles. The topological polar surface area (TPSA) is 69.7 Å². The molecule has 3 amide bonds. The Morgan fingerprint density at radius 3 is 2.48 bits per heavy atom. The molecule has 2 aromatic carbocycles. The summed E-state index contributed by atoms with van der Waals surface area (Å²) in [6.45, 7) is 7.39. The molecule has 0 bridgehead atoms. The average molecular weight is 395 g/mol. The smallest absolute Gasteiger partial charge is 0.254 e. The summed E-state index contributed by atoms with van der Waals surface area (Å²) < 4.78 is 13.2. The molecule has 6 nitrogen and oxygen atoms in total. The fourth-order valence-electron chi connectivity index (χ4n) is 3.33. The highest BCUT2D eigenvalue weighted by atomic mass is 19.1. The third-order valence-electron chi connectivity index (χ3n) is 4.94. The van der Waals surface area contributed by atoms with Gasteiger partial charge in [0.15, 0.2) is 0 Å². The second kappa shape index (κ2) is 7.87. The Hall–Kier alpha value is -3.48. The van der Waals surface area contributed by atoms with E-state index in [1.807, 2.05) is 0 Å². The van der Waals surface area contributed by atoms with Gasteiger partial charge in [-0.05, 0) is 62.4 Å². The largest absolute Gasteiger partial charge is 0.323 e. The number of hydrogen-bond acceptors (Lipinski definition) is 3. The van der Waals surface area contributed by atoms with Gasteiger partial charge < -0.3 is 15.1 Å². The zero-order valence-corrected chi connectivity index (χ0v) is 16.3. The zero-order valence-electron chi connectivity index (χ0n) is 16.3. The van der Waals surface area contributed by atoms with Crippen LogP contribution in [0.5, 0.6) is 0 Å². The number of benzene rings is 2. The van der Waals surface area contributed by atoms with Gasteiger partial charge in [-0.15, -0.1) is 0 Å². The van der Waals surface area contributed by atoms with Gasteiger partial charge in [0.05, 0.1) is 0 Å². The quantitative estimate of drug-likeness (QED) is 0.809. The van der Waals surface area contributed by atoms with E-state index in [2.05, 4.69) is 11.9 Å². The molecule has 0 aliphatic carbocycles. The molecule has 0 spiro atoms. The van der Waals surface area contributed by atoms with Gasteiger partial charge in [-0.3, -0.25) is 14.4 Å². The molecule has 2 aromatic rings. The number of hydrogen-bond donors (Lipinski definition) is 1. The van der Waals surface area contributed by atoms with Crippen LogP contribution in [0.25, 0.3) is 0 Å². The van der Waals surface area contributed by atoms with E-state index in [1.165, 1.54) is 17.0 Å². The van der Waals surface area contributed by atoms with Crippen molar-refractivity contribution < 1.29 is 18.8 Å². The fraction of sp³-hybridized carbons (Fsp3) is 0.227. The maximum absolute atomic E-state index is 13.2. The molecule has 1 N–H and O–H groups in total. The van der Waals surface area contributed by atoms with Crippen molar-refractivity contribution in [3.63, 3.8) is 0 Å². The predicted molar refractivity (Wildman–Crippen MR) is 109 cm³/mol. The minimum absolute atomic E-state index is 0.250. The van der Waals surface area contributed by atoms with E-state index >= 15 is 0 Å². The first-order chi connectivity index (χ1) is 13.7. The lowest BCUT2D eigenvalue weighted by molar-refractivity contribution is -0.129. The summed E-state index contributed by atoms with van der Waals surface area (Å²) >= 11 is 0. The Bertz CT molecular complexity index is 970. The highest BCUT2D eigenvalue weighted by Crippen LogP contribution is 2.29.